The molecule has 1 rings (SSSR count). The molecule has 0 aliphatic rings. The molecule has 0 fully saturated rings. The predicted molar refractivity (Wildman–Crippen MR) is 81.3 cm³/mol. The van der Waals surface area contributed by atoms with Crippen LogP contribution in [0, 0.1) is 5.41 Å². The summed E-state index contributed by atoms with van der Waals surface area (Å²) < 4.78 is 38.0. The second kappa shape index (κ2) is 7.34. The first-order valence-electron chi connectivity index (χ1n) is 6.83. The molecule has 21 heavy (non-hydrogen) atoms. The normalized spacial score (nSPS) is 14.0. The number of Topliss-reactive ketones (excluding diaryl/α,β-unsaturated/α-hetero) is 1. The Morgan fingerprint density at radius 3 is 2.19 bits per heavy atom. The first-order valence-corrected chi connectivity index (χ1v) is 7.88. The zero-order valence-electron chi connectivity index (χ0n) is 12.5. The van der Waals surface area contributed by atoms with Crippen molar-refractivity contribution in [3.05, 3.63) is 35.9 Å². The predicted octanol–water partition coefficient (Wildman–Crippen LogP) is 5.25. The zero-order chi connectivity index (χ0) is 16.1. The van der Waals surface area contributed by atoms with Crippen LogP contribution in [0.5, 0.6) is 0 Å². The molecular weight excluding hydrogens is 297 g/mol. The van der Waals surface area contributed by atoms with Crippen LogP contribution >= 0.6 is 11.8 Å². The molecule has 5 heteroatoms. The van der Waals surface area contributed by atoms with Gasteiger partial charge >= 0.3 is 6.18 Å². The van der Waals surface area contributed by atoms with Crippen LogP contribution < -0.4 is 0 Å². The smallest absolute Gasteiger partial charge is 0.299 e. The Morgan fingerprint density at radius 2 is 1.71 bits per heavy atom. The van der Waals surface area contributed by atoms with Gasteiger partial charge in [-0.1, -0.05) is 51.1 Å². The molecule has 0 saturated heterocycles. The summed E-state index contributed by atoms with van der Waals surface area (Å²) in [6.07, 6.45) is -5.21. The van der Waals surface area contributed by atoms with Gasteiger partial charge in [0.1, 0.15) is 5.78 Å². The van der Waals surface area contributed by atoms with Gasteiger partial charge in [0.2, 0.25) is 0 Å². The molecule has 1 atom stereocenters. The highest BCUT2D eigenvalue weighted by Crippen LogP contribution is 2.33. The summed E-state index contributed by atoms with van der Waals surface area (Å²) in [5.41, 5.74) is 0.370. The summed E-state index contributed by atoms with van der Waals surface area (Å²) in [7, 11) is 0. The molecule has 0 saturated carbocycles. The average molecular weight is 318 g/mol. The number of ketones is 1. The van der Waals surface area contributed by atoms with E-state index in [0.717, 1.165) is 5.56 Å². The summed E-state index contributed by atoms with van der Waals surface area (Å²) in [6, 6.07) is 9.33. The molecule has 0 spiro atoms. The SMILES string of the molecule is CC(C)(C)C(=O)CC(CC(F)(F)F)SCc1ccccc1. The molecule has 1 unspecified atom stereocenters. The van der Waals surface area contributed by atoms with Crippen LogP contribution in [0.1, 0.15) is 39.2 Å². The molecule has 0 aliphatic carbocycles. The lowest BCUT2D eigenvalue weighted by Gasteiger charge is -2.22. The highest BCUT2D eigenvalue weighted by molar-refractivity contribution is 7.99. The van der Waals surface area contributed by atoms with Crippen LogP contribution in [-0.2, 0) is 10.5 Å². The van der Waals surface area contributed by atoms with E-state index in [1.54, 1.807) is 20.8 Å². The number of thioether (sulfide) groups is 1. The van der Waals surface area contributed by atoms with E-state index in [4.69, 9.17) is 0 Å². The number of rotatable bonds is 6. The maximum Gasteiger partial charge on any atom is 0.390 e. The molecule has 118 valence electrons. The van der Waals surface area contributed by atoms with Gasteiger partial charge in [0, 0.05) is 22.8 Å². The molecule has 0 bridgehead atoms. The van der Waals surface area contributed by atoms with E-state index in [9.17, 15) is 18.0 Å². The lowest BCUT2D eigenvalue weighted by atomic mass is 9.88. The fraction of sp³-hybridized carbons (Fsp3) is 0.562. The molecule has 1 aromatic carbocycles. The number of benzene rings is 1. The summed E-state index contributed by atoms with van der Waals surface area (Å²) >= 11 is 1.21. The van der Waals surface area contributed by atoms with Crippen LogP contribution in [0.2, 0.25) is 0 Å². The zero-order valence-corrected chi connectivity index (χ0v) is 13.4. The Labute approximate surface area is 128 Å². The van der Waals surface area contributed by atoms with E-state index in [2.05, 4.69) is 0 Å². The van der Waals surface area contributed by atoms with E-state index in [0.29, 0.717) is 5.75 Å². The monoisotopic (exact) mass is 318 g/mol. The third kappa shape index (κ3) is 7.55. The van der Waals surface area contributed by atoms with Crippen LogP contribution in [-0.4, -0.2) is 17.2 Å². The molecule has 0 aromatic heterocycles. The molecule has 0 heterocycles. The highest BCUT2D eigenvalue weighted by atomic mass is 32.2. The number of hydrogen-bond acceptors (Lipinski definition) is 2. The Balaban J connectivity index is 2.67. The van der Waals surface area contributed by atoms with Crippen molar-refractivity contribution in [1.29, 1.82) is 0 Å². The first-order chi connectivity index (χ1) is 9.58. The quantitative estimate of drug-likeness (QED) is 0.713. The van der Waals surface area contributed by atoms with Gasteiger partial charge in [-0.05, 0) is 5.56 Å². The van der Waals surface area contributed by atoms with Crippen molar-refractivity contribution in [3.8, 4) is 0 Å². The van der Waals surface area contributed by atoms with Crippen molar-refractivity contribution in [2.24, 2.45) is 5.41 Å². The minimum Gasteiger partial charge on any atom is -0.299 e. The number of carbonyl (C=O) groups is 1. The van der Waals surface area contributed by atoms with Gasteiger partial charge in [0.15, 0.2) is 0 Å². The minimum atomic E-state index is -4.24. The fourth-order valence-electron chi connectivity index (χ4n) is 1.75. The number of alkyl halides is 3. The van der Waals surface area contributed by atoms with Crippen LogP contribution in [0.3, 0.4) is 0 Å². The van der Waals surface area contributed by atoms with Crippen LogP contribution in [0.25, 0.3) is 0 Å². The summed E-state index contributed by atoms with van der Waals surface area (Å²) in [5, 5.41) is -0.725. The lowest BCUT2D eigenvalue weighted by molar-refractivity contribution is -0.137. The van der Waals surface area contributed by atoms with Crippen LogP contribution in [0.4, 0.5) is 13.2 Å². The third-order valence-corrected chi connectivity index (χ3v) is 4.34. The molecule has 1 aromatic rings. The highest BCUT2D eigenvalue weighted by Gasteiger charge is 2.34. The molecule has 0 radical (unpaired) electrons. The van der Waals surface area contributed by atoms with Crippen molar-refractivity contribution in [2.45, 2.75) is 50.8 Å². The largest absolute Gasteiger partial charge is 0.390 e. The minimum absolute atomic E-state index is 0.0412. The average Bonchev–Trinajstić information content (AvgIpc) is 2.34. The van der Waals surface area contributed by atoms with E-state index < -0.39 is 23.3 Å². The maximum absolute atomic E-state index is 12.7. The van der Waals surface area contributed by atoms with E-state index >= 15 is 0 Å². The lowest BCUT2D eigenvalue weighted by Crippen LogP contribution is -2.27. The van der Waals surface area contributed by atoms with Gasteiger partial charge in [0.05, 0.1) is 6.42 Å². The van der Waals surface area contributed by atoms with Crippen molar-refractivity contribution >= 4 is 17.5 Å². The Kier molecular flexibility index (Phi) is 6.32. The van der Waals surface area contributed by atoms with E-state index in [1.807, 2.05) is 30.3 Å². The number of hydrogen-bond donors (Lipinski definition) is 0. The Hall–Kier alpha value is -0.970. The standard InChI is InChI=1S/C16H21F3OS/c1-15(2,3)14(20)9-13(10-16(17,18)19)21-11-12-7-5-4-6-8-12/h4-8,13H,9-11H2,1-3H3. The Bertz CT molecular complexity index is 449. The summed E-state index contributed by atoms with van der Waals surface area (Å²) in [4.78, 5) is 12.0. The second-order valence-corrected chi connectivity index (χ2v) is 7.40. The molecule has 0 aliphatic heterocycles. The molecular formula is C16H21F3OS. The molecule has 1 nitrogen and oxygen atoms in total. The van der Waals surface area contributed by atoms with Gasteiger partial charge in [0.25, 0.3) is 0 Å². The topological polar surface area (TPSA) is 17.1 Å². The van der Waals surface area contributed by atoms with E-state index in [1.165, 1.54) is 11.8 Å². The number of halogens is 3. The van der Waals surface area contributed by atoms with Gasteiger partial charge in [-0.25, -0.2) is 0 Å². The number of carbonyl (C=O) groups excluding carboxylic acids is 1. The Morgan fingerprint density at radius 1 is 1.14 bits per heavy atom. The van der Waals surface area contributed by atoms with Gasteiger partial charge in [-0.2, -0.15) is 24.9 Å². The first kappa shape index (κ1) is 18.1. The van der Waals surface area contributed by atoms with Gasteiger partial charge < -0.3 is 0 Å². The van der Waals surface area contributed by atoms with E-state index in [-0.39, 0.29) is 12.2 Å². The van der Waals surface area contributed by atoms with Crippen LogP contribution in [0.15, 0.2) is 30.3 Å². The van der Waals surface area contributed by atoms with Gasteiger partial charge in [-0.15, -0.1) is 0 Å². The summed E-state index contributed by atoms with van der Waals surface area (Å²) in [5.74, 6) is 0.358. The second-order valence-electron chi connectivity index (χ2n) is 6.12. The molecule has 0 N–H and O–H groups in total. The van der Waals surface area contributed by atoms with Crippen molar-refractivity contribution in [1.82, 2.24) is 0 Å². The maximum atomic E-state index is 12.7. The van der Waals surface area contributed by atoms with Crippen molar-refractivity contribution in [3.63, 3.8) is 0 Å². The third-order valence-electron chi connectivity index (χ3n) is 3.04. The molecule has 0 amide bonds. The fourth-order valence-corrected chi connectivity index (χ4v) is 2.95. The van der Waals surface area contributed by atoms with Crippen molar-refractivity contribution in [2.75, 3.05) is 0 Å². The van der Waals surface area contributed by atoms with Gasteiger partial charge in [-0.3, -0.25) is 4.79 Å². The summed E-state index contributed by atoms with van der Waals surface area (Å²) in [6.45, 7) is 5.21. The van der Waals surface area contributed by atoms with Crippen molar-refractivity contribution < 1.29 is 18.0 Å².